The lowest BCUT2D eigenvalue weighted by atomic mass is 10.2. The van der Waals surface area contributed by atoms with Gasteiger partial charge in [0.1, 0.15) is 10.3 Å². The van der Waals surface area contributed by atoms with Crippen molar-refractivity contribution >= 4 is 27.3 Å². The molecule has 144 valence electrons. The Hall–Kier alpha value is -2.10. The van der Waals surface area contributed by atoms with E-state index in [2.05, 4.69) is 5.32 Å². The SMILES string of the molecule is Cc1ccc(S(=O)(=O)N2CCC[C@@H]2C(=O)NCc2ccc3c(c2)OCO3)s1. The third-order valence-electron chi connectivity index (χ3n) is 4.69. The summed E-state index contributed by atoms with van der Waals surface area (Å²) in [6.45, 7) is 2.73. The molecule has 0 unspecified atom stereocenters. The molecule has 3 heterocycles. The summed E-state index contributed by atoms with van der Waals surface area (Å²) >= 11 is 1.23. The van der Waals surface area contributed by atoms with Gasteiger partial charge in [-0.05, 0) is 49.6 Å². The molecular formula is C18H20N2O5S2. The average molecular weight is 409 g/mol. The Labute approximate surface area is 161 Å². The molecule has 0 spiro atoms. The molecule has 2 aromatic rings. The molecule has 1 N–H and O–H groups in total. The van der Waals surface area contributed by atoms with Crippen LogP contribution in [0.5, 0.6) is 11.5 Å². The van der Waals surface area contributed by atoms with Crippen molar-refractivity contribution in [2.24, 2.45) is 0 Å². The number of carbonyl (C=O) groups is 1. The van der Waals surface area contributed by atoms with Gasteiger partial charge < -0.3 is 14.8 Å². The first-order valence-corrected chi connectivity index (χ1v) is 11.0. The van der Waals surface area contributed by atoms with Gasteiger partial charge in [-0.1, -0.05) is 6.07 Å². The maximum absolute atomic E-state index is 12.9. The fourth-order valence-electron chi connectivity index (χ4n) is 3.31. The summed E-state index contributed by atoms with van der Waals surface area (Å²) < 4.78 is 38.0. The van der Waals surface area contributed by atoms with E-state index in [1.54, 1.807) is 18.2 Å². The number of carbonyl (C=O) groups excluding carboxylic acids is 1. The summed E-state index contributed by atoms with van der Waals surface area (Å²) in [5.74, 6) is 1.06. The van der Waals surface area contributed by atoms with E-state index in [4.69, 9.17) is 9.47 Å². The molecule has 27 heavy (non-hydrogen) atoms. The largest absolute Gasteiger partial charge is 0.454 e. The van der Waals surface area contributed by atoms with Gasteiger partial charge in [-0.15, -0.1) is 11.3 Å². The molecule has 2 aliphatic heterocycles. The monoisotopic (exact) mass is 408 g/mol. The Bertz CT molecular complexity index is 970. The maximum atomic E-state index is 12.9. The molecule has 9 heteroatoms. The van der Waals surface area contributed by atoms with Crippen LogP contribution in [0, 0.1) is 6.92 Å². The van der Waals surface area contributed by atoms with Crippen molar-refractivity contribution in [3.63, 3.8) is 0 Å². The van der Waals surface area contributed by atoms with Crippen LogP contribution in [0.2, 0.25) is 0 Å². The van der Waals surface area contributed by atoms with Crippen LogP contribution in [0.3, 0.4) is 0 Å². The van der Waals surface area contributed by atoms with Gasteiger partial charge in [0.25, 0.3) is 10.0 Å². The quantitative estimate of drug-likeness (QED) is 0.820. The first-order chi connectivity index (χ1) is 12.9. The number of sulfonamides is 1. The van der Waals surface area contributed by atoms with Crippen LogP contribution in [-0.2, 0) is 21.4 Å². The van der Waals surface area contributed by atoms with Gasteiger partial charge in [0.05, 0.1) is 0 Å². The highest BCUT2D eigenvalue weighted by Crippen LogP contribution is 2.33. The predicted octanol–water partition coefficient (Wildman–Crippen LogP) is 2.25. The molecule has 7 nitrogen and oxygen atoms in total. The zero-order valence-corrected chi connectivity index (χ0v) is 16.4. The molecule has 1 aromatic heterocycles. The summed E-state index contributed by atoms with van der Waals surface area (Å²) in [6, 6.07) is 8.18. The van der Waals surface area contributed by atoms with Crippen molar-refractivity contribution in [2.45, 2.75) is 36.6 Å². The van der Waals surface area contributed by atoms with E-state index in [0.29, 0.717) is 37.4 Å². The zero-order chi connectivity index (χ0) is 19.0. The van der Waals surface area contributed by atoms with E-state index in [1.807, 2.05) is 19.1 Å². The smallest absolute Gasteiger partial charge is 0.253 e. The zero-order valence-electron chi connectivity index (χ0n) is 14.8. The molecule has 0 saturated carbocycles. The summed E-state index contributed by atoms with van der Waals surface area (Å²) in [6.07, 6.45) is 1.20. The maximum Gasteiger partial charge on any atom is 0.253 e. The van der Waals surface area contributed by atoms with Crippen LogP contribution in [0.25, 0.3) is 0 Å². The average Bonchev–Trinajstić information content (AvgIpc) is 3.38. The fourth-order valence-corrected chi connectivity index (χ4v) is 6.38. The van der Waals surface area contributed by atoms with Crippen molar-refractivity contribution < 1.29 is 22.7 Å². The van der Waals surface area contributed by atoms with Crippen molar-refractivity contribution in [1.82, 2.24) is 9.62 Å². The van der Waals surface area contributed by atoms with Crippen LogP contribution in [0.15, 0.2) is 34.5 Å². The topological polar surface area (TPSA) is 84.9 Å². The van der Waals surface area contributed by atoms with Gasteiger partial charge in [-0.3, -0.25) is 4.79 Å². The summed E-state index contributed by atoms with van der Waals surface area (Å²) in [5, 5.41) is 2.85. The summed E-state index contributed by atoms with van der Waals surface area (Å²) in [7, 11) is -3.65. The highest BCUT2D eigenvalue weighted by atomic mass is 32.2. The first-order valence-electron chi connectivity index (χ1n) is 8.70. The number of benzene rings is 1. The highest BCUT2D eigenvalue weighted by Gasteiger charge is 2.39. The number of amides is 1. The number of ether oxygens (including phenoxy) is 2. The lowest BCUT2D eigenvalue weighted by Gasteiger charge is -2.22. The standard InChI is InChI=1S/C18H20N2O5S2/c1-12-4-7-17(26-12)27(22,23)20-8-2-3-14(20)18(21)19-10-13-5-6-15-16(9-13)25-11-24-15/h4-7,9,14H,2-3,8,10-11H2,1H3,(H,19,21)/t14-/m1/s1. The van der Waals surface area contributed by atoms with Crippen LogP contribution < -0.4 is 14.8 Å². The normalized spacial score (nSPS) is 19.4. The molecule has 1 saturated heterocycles. The van der Waals surface area contributed by atoms with Crippen LogP contribution in [0.1, 0.15) is 23.3 Å². The van der Waals surface area contributed by atoms with E-state index < -0.39 is 16.1 Å². The Kier molecular flexibility index (Phi) is 4.83. The van der Waals surface area contributed by atoms with E-state index in [-0.39, 0.29) is 16.9 Å². The molecule has 4 rings (SSSR count). The van der Waals surface area contributed by atoms with Gasteiger partial charge in [-0.25, -0.2) is 8.42 Å². The van der Waals surface area contributed by atoms with Crippen molar-refractivity contribution in [2.75, 3.05) is 13.3 Å². The molecule has 1 amide bonds. The van der Waals surface area contributed by atoms with Gasteiger partial charge in [0.15, 0.2) is 11.5 Å². The van der Waals surface area contributed by atoms with Gasteiger partial charge in [-0.2, -0.15) is 4.31 Å². The highest BCUT2D eigenvalue weighted by molar-refractivity contribution is 7.91. The number of aryl methyl sites for hydroxylation is 1. The number of hydrogen-bond donors (Lipinski definition) is 1. The number of nitrogens with one attached hydrogen (secondary N) is 1. The minimum Gasteiger partial charge on any atom is -0.454 e. The Morgan fingerprint density at radius 2 is 2.07 bits per heavy atom. The molecular weight excluding hydrogens is 388 g/mol. The minimum absolute atomic E-state index is 0.197. The van der Waals surface area contributed by atoms with Crippen LogP contribution >= 0.6 is 11.3 Å². The van der Waals surface area contributed by atoms with Crippen LogP contribution in [0.4, 0.5) is 0 Å². The number of nitrogens with zero attached hydrogens (tertiary/aromatic N) is 1. The van der Waals surface area contributed by atoms with E-state index in [0.717, 1.165) is 10.4 Å². The van der Waals surface area contributed by atoms with Crippen molar-refractivity contribution in [3.05, 3.63) is 40.8 Å². The molecule has 1 atom stereocenters. The van der Waals surface area contributed by atoms with Gasteiger partial charge in [0.2, 0.25) is 12.7 Å². The van der Waals surface area contributed by atoms with E-state index in [9.17, 15) is 13.2 Å². The number of rotatable bonds is 5. The summed E-state index contributed by atoms with van der Waals surface area (Å²) in [5.41, 5.74) is 0.869. The molecule has 0 radical (unpaired) electrons. The third-order valence-corrected chi connectivity index (χ3v) is 8.06. The van der Waals surface area contributed by atoms with E-state index >= 15 is 0 Å². The van der Waals surface area contributed by atoms with Crippen molar-refractivity contribution in [1.29, 1.82) is 0 Å². The van der Waals surface area contributed by atoms with Crippen LogP contribution in [-0.4, -0.2) is 38.0 Å². The molecule has 1 fully saturated rings. The first kappa shape index (κ1) is 18.3. The number of hydrogen-bond acceptors (Lipinski definition) is 6. The fraction of sp³-hybridized carbons (Fsp3) is 0.389. The van der Waals surface area contributed by atoms with Gasteiger partial charge >= 0.3 is 0 Å². The van der Waals surface area contributed by atoms with Crippen molar-refractivity contribution in [3.8, 4) is 11.5 Å². The van der Waals surface area contributed by atoms with E-state index in [1.165, 1.54) is 15.6 Å². The Balaban J connectivity index is 1.45. The second-order valence-electron chi connectivity index (χ2n) is 6.54. The lowest BCUT2D eigenvalue weighted by molar-refractivity contribution is -0.124. The molecule has 0 aliphatic carbocycles. The Morgan fingerprint density at radius 1 is 1.26 bits per heavy atom. The number of fused-ring (bicyclic) bond motifs is 1. The second-order valence-corrected chi connectivity index (χ2v) is 9.95. The Morgan fingerprint density at radius 3 is 2.85 bits per heavy atom. The molecule has 1 aromatic carbocycles. The predicted molar refractivity (Wildman–Crippen MR) is 100 cm³/mol. The molecule has 2 aliphatic rings. The summed E-state index contributed by atoms with van der Waals surface area (Å²) in [4.78, 5) is 13.6. The second kappa shape index (κ2) is 7.14. The third kappa shape index (κ3) is 3.54. The minimum atomic E-state index is -3.65. The lowest BCUT2D eigenvalue weighted by Crippen LogP contribution is -2.45. The molecule has 0 bridgehead atoms. The van der Waals surface area contributed by atoms with Gasteiger partial charge in [0, 0.05) is 18.0 Å². The number of thiophene rings is 1.